The van der Waals surface area contributed by atoms with Crippen LogP contribution in [0.1, 0.15) is 23.0 Å². The first kappa shape index (κ1) is 16.6. The van der Waals surface area contributed by atoms with Crippen LogP contribution in [-0.2, 0) is 9.53 Å². The van der Waals surface area contributed by atoms with Gasteiger partial charge in [0.15, 0.2) is 6.10 Å². The summed E-state index contributed by atoms with van der Waals surface area (Å²) in [4.78, 5) is 24.0. The molecule has 0 radical (unpaired) electrons. The van der Waals surface area contributed by atoms with Gasteiger partial charge in [-0.15, -0.1) is 6.58 Å². The molecule has 1 amide bonds. The van der Waals surface area contributed by atoms with Gasteiger partial charge >= 0.3 is 5.97 Å². The number of carbonyl (C=O) groups is 2. The van der Waals surface area contributed by atoms with Crippen molar-refractivity contribution in [1.82, 2.24) is 5.32 Å². The van der Waals surface area contributed by atoms with Gasteiger partial charge in [-0.2, -0.15) is 0 Å². The number of carbonyl (C=O) groups excluding carboxylic acids is 2. The Bertz CT molecular complexity index is 747. The minimum absolute atomic E-state index is 0.0802. The molecule has 0 fully saturated rings. The molecule has 0 bridgehead atoms. The first-order chi connectivity index (χ1) is 11.0. The van der Waals surface area contributed by atoms with E-state index in [0.717, 1.165) is 5.39 Å². The van der Waals surface area contributed by atoms with Crippen molar-refractivity contribution >= 4 is 22.8 Å². The third kappa shape index (κ3) is 3.53. The van der Waals surface area contributed by atoms with Gasteiger partial charge in [0.2, 0.25) is 5.76 Å². The summed E-state index contributed by atoms with van der Waals surface area (Å²) in [6, 6.07) is 5.25. The summed E-state index contributed by atoms with van der Waals surface area (Å²) in [6.45, 7) is 7.06. The number of hydrogen-bond donors (Lipinski definition) is 1. The highest BCUT2D eigenvalue weighted by Crippen LogP contribution is 2.29. The SMILES string of the molecule is C=CCNC(=O)[C@H](C)OC(=O)c1oc2ccc(OC)cc2c1C. The van der Waals surface area contributed by atoms with Crippen LogP contribution in [0.3, 0.4) is 0 Å². The number of amides is 1. The number of esters is 1. The molecule has 122 valence electrons. The molecule has 6 heteroatoms. The maximum atomic E-state index is 12.2. The molecule has 0 aliphatic carbocycles. The van der Waals surface area contributed by atoms with E-state index in [0.29, 0.717) is 23.4 Å². The summed E-state index contributed by atoms with van der Waals surface area (Å²) in [5.74, 6) is -0.331. The first-order valence-electron chi connectivity index (χ1n) is 7.14. The monoisotopic (exact) mass is 317 g/mol. The molecule has 1 heterocycles. The Morgan fingerprint density at radius 1 is 1.43 bits per heavy atom. The van der Waals surface area contributed by atoms with Crippen LogP contribution >= 0.6 is 0 Å². The van der Waals surface area contributed by atoms with E-state index in [1.807, 2.05) is 0 Å². The molecule has 1 aromatic heterocycles. The van der Waals surface area contributed by atoms with Gasteiger partial charge in [-0.1, -0.05) is 6.08 Å². The number of furan rings is 1. The molecule has 23 heavy (non-hydrogen) atoms. The van der Waals surface area contributed by atoms with E-state index in [-0.39, 0.29) is 5.76 Å². The molecule has 2 aromatic rings. The zero-order chi connectivity index (χ0) is 17.0. The molecule has 6 nitrogen and oxygen atoms in total. The van der Waals surface area contributed by atoms with E-state index in [1.165, 1.54) is 6.92 Å². The number of hydrogen-bond acceptors (Lipinski definition) is 5. The predicted octanol–water partition coefficient (Wildman–Crippen LogP) is 2.60. The lowest BCUT2D eigenvalue weighted by molar-refractivity contribution is -0.128. The molecule has 0 unspecified atom stereocenters. The second-order valence-corrected chi connectivity index (χ2v) is 5.00. The fourth-order valence-electron chi connectivity index (χ4n) is 2.11. The molecule has 0 saturated carbocycles. The van der Waals surface area contributed by atoms with Crippen molar-refractivity contribution in [1.29, 1.82) is 0 Å². The number of ether oxygens (including phenoxy) is 2. The Morgan fingerprint density at radius 3 is 2.83 bits per heavy atom. The summed E-state index contributed by atoms with van der Waals surface area (Å²) >= 11 is 0. The number of methoxy groups -OCH3 is 1. The third-order valence-electron chi connectivity index (χ3n) is 3.40. The number of rotatable bonds is 6. The van der Waals surface area contributed by atoms with Crippen molar-refractivity contribution in [3.8, 4) is 5.75 Å². The maximum absolute atomic E-state index is 12.2. The van der Waals surface area contributed by atoms with Crippen LogP contribution in [0.4, 0.5) is 0 Å². The zero-order valence-electron chi connectivity index (χ0n) is 13.3. The molecular formula is C17H19NO5. The highest BCUT2D eigenvalue weighted by Gasteiger charge is 2.24. The maximum Gasteiger partial charge on any atom is 0.375 e. The summed E-state index contributed by atoms with van der Waals surface area (Å²) in [5, 5.41) is 3.33. The molecule has 1 N–H and O–H groups in total. The van der Waals surface area contributed by atoms with Crippen LogP contribution in [0.5, 0.6) is 5.75 Å². The zero-order valence-corrected chi connectivity index (χ0v) is 13.3. The minimum Gasteiger partial charge on any atom is -0.497 e. The smallest absolute Gasteiger partial charge is 0.375 e. The standard InChI is InChI=1S/C17H19NO5/c1-5-8-18-16(19)11(3)22-17(20)15-10(2)13-9-12(21-4)6-7-14(13)23-15/h5-7,9,11H,1,8H2,2-4H3,(H,18,19)/t11-/m0/s1. The second kappa shape index (κ2) is 7.00. The van der Waals surface area contributed by atoms with Crippen molar-refractivity contribution in [3.63, 3.8) is 0 Å². The first-order valence-corrected chi connectivity index (χ1v) is 7.14. The summed E-state index contributed by atoms with van der Waals surface area (Å²) in [7, 11) is 1.56. The van der Waals surface area contributed by atoms with Crippen LogP contribution in [-0.4, -0.2) is 31.6 Å². The molecule has 2 rings (SSSR count). The quantitative estimate of drug-likeness (QED) is 0.654. The molecule has 0 aliphatic heterocycles. The van der Waals surface area contributed by atoms with Crippen molar-refractivity contribution < 1.29 is 23.5 Å². The lowest BCUT2D eigenvalue weighted by atomic mass is 10.1. The molecule has 0 spiro atoms. The topological polar surface area (TPSA) is 77.8 Å². The number of nitrogens with one attached hydrogen (secondary N) is 1. The van der Waals surface area contributed by atoms with Crippen LogP contribution in [0.2, 0.25) is 0 Å². The third-order valence-corrected chi connectivity index (χ3v) is 3.40. The van der Waals surface area contributed by atoms with Crippen LogP contribution in [0.25, 0.3) is 11.0 Å². The molecule has 0 aliphatic rings. The van der Waals surface area contributed by atoms with Gasteiger partial charge in [0.05, 0.1) is 7.11 Å². The number of aryl methyl sites for hydroxylation is 1. The van der Waals surface area contributed by atoms with Crippen LogP contribution in [0, 0.1) is 6.92 Å². The van der Waals surface area contributed by atoms with E-state index in [9.17, 15) is 9.59 Å². The van der Waals surface area contributed by atoms with Gasteiger partial charge in [-0.3, -0.25) is 4.79 Å². The Hall–Kier alpha value is -2.76. The van der Waals surface area contributed by atoms with Crippen molar-refractivity contribution in [2.75, 3.05) is 13.7 Å². The largest absolute Gasteiger partial charge is 0.497 e. The lowest BCUT2D eigenvalue weighted by Gasteiger charge is -2.11. The van der Waals surface area contributed by atoms with E-state index in [1.54, 1.807) is 38.3 Å². The molecule has 0 saturated heterocycles. The molecule has 1 aromatic carbocycles. The van der Waals surface area contributed by atoms with Crippen LogP contribution < -0.4 is 10.1 Å². The van der Waals surface area contributed by atoms with E-state index in [4.69, 9.17) is 13.9 Å². The fourth-order valence-corrected chi connectivity index (χ4v) is 2.11. The summed E-state index contributed by atoms with van der Waals surface area (Å²) in [5.41, 5.74) is 1.20. The highest BCUT2D eigenvalue weighted by atomic mass is 16.6. The predicted molar refractivity (Wildman–Crippen MR) is 85.6 cm³/mol. The van der Waals surface area contributed by atoms with Gasteiger partial charge in [0, 0.05) is 17.5 Å². The van der Waals surface area contributed by atoms with Gasteiger partial charge in [0.25, 0.3) is 5.91 Å². The Morgan fingerprint density at radius 2 is 2.17 bits per heavy atom. The summed E-state index contributed by atoms with van der Waals surface area (Å²) in [6.07, 6.45) is 0.619. The second-order valence-electron chi connectivity index (χ2n) is 5.00. The lowest BCUT2D eigenvalue weighted by Crippen LogP contribution is -2.35. The number of benzene rings is 1. The molecular weight excluding hydrogens is 298 g/mol. The van der Waals surface area contributed by atoms with E-state index >= 15 is 0 Å². The van der Waals surface area contributed by atoms with Crippen molar-refractivity contribution in [2.45, 2.75) is 20.0 Å². The fraction of sp³-hybridized carbons (Fsp3) is 0.294. The average Bonchev–Trinajstić information content (AvgIpc) is 2.88. The van der Waals surface area contributed by atoms with Gasteiger partial charge in [0.1, 0.15) is 11.3 Å². The Kier molecular flexibility index (Phi) is 5.05. The van der Waals surface area contributed by atoms with E-state index < -0.39 is 18.0 Å². The van der Waals surface area contributed by atoms with Gasteiger partial charge < -0.3 is 19.2 Å². The van der Waals surface area contributed by atoms with Crippen molar-refractivity contribution in [2.24, 2.45) is 0 Å². The van der Waals surface area contributed by atoms with Crippen molar-refractivity contribution in [3.05, 3.63) is 42.2 Å². The summed E-state index contributed by atoms with van der Waals surface area (Å²) < 4.78 is 15.9. The van der Waals surface area contributed by atoms with Gasteiger partial charge in [-0.25, -0.2) is 4.79 Å². The molecule has 1 atom stereocenters. The van der Waals surface area contributed by atoms with Crippen LogP contribution in [0.15, 0.2) is 35.3 Å². The van der Waals surface area contributed by atoms with E-state index in [2.05, 4.69) is 11.9 Å². The van der Waals surface area contributed by atoms with Gasteiger partial charge in [-0.05, 0) is 32.0 Å². The Balaban J connectivity index is 2.19. The highest BCUT2D eigenvalue weighted by molar-refractivity contribution is 5.97. The Labute approximate surface area is 134 Å². The minimum atomic E-state index is -0.926. The number of fused-ring (bicyclic) bond motifs is 1. The average molecular weight is 317 g/mol. The normalized spacial score (nSPS) is 11.8.